The molecule has 1 atom stereocenters. The molecule has 1 N–H and O–H groups in total. The van der Waals surface area contributed by atoms with Crippen molar-refractivity contribution >= 4 is 40.8 Å². The molecule has 130 valence electrons. The van der Waals surface area contributed by atoms with Crippen LogP contribution >= 0.6 is 23.2 Å². The number of hydrogen-bond acceptors (Lipinski definition) is 5. The van der Waals surface area contributed by atoms with Crippen molar-refractivity contribution < 1.29 is 19.5 Å². The van der Waals surface area contributed by atoms with Gasteiger partial charge in [0.2, 0.25) is 0 Å². The zero-order valence-corrected chi connectivity index (χ0v) is 14.9. The van der Waals surface area contributed by atoms with Crippen LogP contribution in [-0.2, 0) is 21.0 Å². The van der Waals surface area contributed by atoms with Crippen molar-refractivity contribution in [1.82, 2.24) is 5.06 Å². The standard InChI is InChI=1S/C15H17Cl2N3O4/c1-8(13(21)22)18-19-12-4-9(10(16)5-11(12)17)6-20-14(23)15(2,3)7-24-20/h4-5,8H,6-7H2,1-3H3,(H,21,22). The fraction of sp³-hybridized carbons (Fsp3) is 0.467. The third-order valence-electron chi connectivity index (χ3n) is 3.51. The van der Waals surface area contributed by atoms with E-state index < -0.39 is 17.4 Å². The third-order valence-corrected chi connectivity index (χ3v) is 4.17. The summed E-state index contributed by atoms with van der Waals surface area (Å²) in [5, 5.41) is 18.2. The summed E-state index contributed by atoms with van der Waals surface area (Å²) in [5.74, 6) is -1.24. The molecule has 1 unspecified atom stereocenters. The molecular formula is C15H17Cl2N3O4. The largest absolute Gasteiger partial charge is 0.480 e. The minimum atomic E-state index is -1.10. The number of aliphatic carboxylic acids is 1. The summed E-state index contributed by atoms with van der Waals surface area (Å²) in [5.41, 5.74) is 0.261. The quantitative estimate of drug-likeness (QED) is 0.793. The number of hydroxylamine groups is 2. The van der Waals surface area contributed by atoms with E-state index in [-0.39, 0.29) is 23.2 Å². The summed E-state index contributed by atoms with van der Waals surface area (Å²) in [6.07, 6.45) is 0. The van der Waals surface area contributed by atoms with Crippen LogP contribution in [0, 0.1) is 5.41 Å². The van der Waals surface area contributed by atoms with Gasteiger partial charge in [-0.3, -0.25) is 9.63 Å². The fourth-order valence-corrected chi connectivity index (χ4v) is 2.43. The first kappa shape index (κ1) is 18.6. The molecule has 24 heavy (non-hydrogen) atoms. The molecule has 1 amide bonds. The Morgan fingerprint density at radius 3 is 2.62 bits per heavy atom. The highest BCUT2D eigenvalue weighted by atomic mass is 35.5. The van der Waals surface area contributed by atoms with Crippen LogP contribution in [0.3, 0.4) is 0 Å². The number of carboxylic acids is 1. The SMILES string of the molecule is CC(N=Nc1cc(CN2OCC(C)(C)C2=O)c(Cl)cc1Cl)C(=O)O. The van der Waals surface area contributed by atoms with Crippen molar-refractivity contribution in [3.63, 3.8) is 0 Å². The predicted molar refractivity (Wildman–Crippen MR) is 88.4 cm³/mol. The summed E-state index contributed by atoms with van der Waals surface area (Å²) in [4.78, 5) is 28.4. The van der Waals surface area contributed by atoms with Crippen LogP contribution < -0.4 is 0 Å². The van der Waals surface area contributed by atoms with Crippen LogP contribution in [0.4, 0.5) is 5.69 Å². The number of hydrogen-bond donors (Lipinski definition) is 1. The lowest BCUT2D eigenvalue weighted by Crippen LogP contribution is -2.30. The van der Waals surface area contributed by atoms with Gasteiger partial charge < -0.3 is 5.11 Å². The molecule has 1 aromatic carbocycles. The summed E-state index contributed by atoms with van der Waals surface area (Å²) < 4.78 is 0. The molecule has 1 aromatic rings. The summed E-state index contributed by atoms with van der Waals surface area (Å²) >= 11 is 12.2. The molecule has 0 radical (unpaired) electrons. The van der Waals surface area contributed by atoms with Crippen LogP contribution in [-0.4, -0.2) is 34.7 Å². The van der Waals surface area contributed by atoms with E-state index >= 15 is 0 Å². The highest BCUT2D eigenvalue weighted by Crippen LogP contribution is 2.34. The van der Waals surface area contributed by atoms with Crippen LogP contribution in [0.25, 0.3) is 0 Å². The molecule has 1 aliphatic rings. The van der Waals surface area contributed by atoms with E-state index in [0.717, 1.165) is 0 Å². The van der Waals surface area contributed by atoms with Crippen molar-refractivity contribution in [2.75, 3.05) is 6.61 Å². The Morgan fingerprint density at radius 1 is 1.42 bits per heavy atom. The van der Waals surface area contributed by atoms with Gasteiger partial charge in [-0.1, -0.05) is 23.2 Å². The van der Waals surface area contributed by atoms with Gasteiger partial charge >= 0.3 is 5.97 Å². The average molecular weight is 374 g/mol. The zero-order chi connectivity index (χ0) is 18.1. The summed E-state index contributed by atoms with van der Waals surface area (Å²) in [7, 11) is 0. The minimum absolute atomic E-state index is 0.134. The summed E-state index contributed by atoms with van der Waals surface area (Å²) in [6.45, 7) is 5.42. The Hall–Kier alpha value is -1.70. The second kappa shape index (κ2) is 7.04. The maximum absolute atomic E-state index is 12.2. The predicted octanol–water partition coefficient (Wildman–Crippen LogP) is 3.85. The van der Waals surface area contributed by atoms with Gasteiger partial charge in [0.05, 0.1) is 23.6 Å². The first-order chi connectivity index (χ1) is 11.1. The van der Waals surface area contributed by atoms with Crippen molar-refractivity contribution in [2.45, 2.75) is 33.4 Å². The number of azo groups is 1. The molecule has 0 spiro atoms. The highest BCUT2D eigenvalue weighted by Gasteiger charge is 2.40. The number of carbonyl (C=O) groups excluding carboxylic acids is 1. The molecule has 0 saturated carbocycles. The van der Waals surface area contributed by atoms with Gasteiger partial charge in [-0.15, -0.1) is 0 Å². The number of carboxylic acid groups (broad SMARTS) is 1. The normalized spacial score (nSPS) is 18.4. The molecule has 1 saturated heterocycles. The van der Waals surface area contributed by atoms with Gasteiger partial charge in [0.1, 0.15) is 5.69 Å². The van der Waals surface area contributed by atoms with Crippen LogP contribution in [0.15, 0.2) is 22.4 Å². The second-order valence-electron chi connectivity index (χ2n) is 6.12. The first-order valence-electron chi connectivity index (χ1n) is 7.18. The Balaban J connectivity index is 2.24. The van der Waals surface area contributed by atoms with Gasteiger partial charge in [0, 0.05) is 5.02 Å². The van der Waals surface area contributed by atoms with Crippen LogP contribution in [0.1, 0.15) is 26.3 Å². The summed E-state index contributed by atoms with van der Waals surface area (Å²) in [6, 6.07) is 2.04. The van der Waals surface area contributed by atoms with E-state index in [1.54, 1.807) is 19.9 Å². The molecule has 1 aliphatic heterocycles. The molecular weight excluding hydrogens is 357 g/mol. The molecule has 1 fully saturated rings. The number of rotatable bonds is 5. The van der Waals surface area contributed by atoms with Crippen molar-refractivity contribution in [1.29, 1.82) is 0 Å². The second-order valence-corrected chi connectivity index (χ2v) is 6.94. The molecule has 2 rings (SSSR count). The first-order valence-corrected chi connectivity index (χ1v) is 7.94. The van der Waals surface area contributed by atoms with Gasteiger partial charge in [-0.25, -0.2) is 9.86 Å². The molecule has 7 nitrogen and oxygen atoms in total. The Bertz CT molecular complexity index is 706. The maximum Gasteiger partial charge on any atom is 0.330 e. The van der Waals surface area contributed by atoms with E-state index in [1.165, 1.54) is 18.1 Å². The Labute approximate surface area is 149 Å². The number of benzene rings is 1. The maximum atomic E-state index is 12.2. The van der Waals surface area contributed by atoms with E-state index in [9.17, 15) is 9.59 Å². The molecule has 0 bridgehead atoms. The van der Waals surface area contributed by atoms with Crippen LogP contribution in [0.5, 0.6) is 0 Å². The van der Waals surface area contributed by atoms with E-state index in [4.69, 9.17) is 33.1 Å². The third kappa shape index (κ3) is 4.03. The smallest absolute Gasteiger partial charge is 0.330 e. The topological polar surface area (TPSA) is 91.6 Å². The van der Waals surface area contributed by atoms with Crippen LogP contribution in [0.2, 0.25) is 10.0 Å². The average Bonchev–Trinajstić information content (AvgIpc) is 2.75. The molecule has 9 heteroatoms. The Morgan fingerprint density at radius 2 is 2.08 bits per heavy atom. The van der Waals surface area contributed by atoms with Crippen molar-refractivity contribution in [2.24, 2.45) is 15.6 Å². The lowest BCUT2D eigenvalue weighted by Gasteiger charge is -2.17. The lowest BCUT2D eigenvalue weighted by molar-refractivity contribution is -0.165. The van der Waals surface area contributed by atoms with Gasteiger partial charge in [-0.05, 0) is 38.5 Å². The number of amides is 1. The van der Waals surface area contributed by atoms with Gasteiger partial charge in [-0.2, -0.15) is 10.2 Å². The fourth-order valence-electron chi connectivity index (χ4n) is 1.95. The minimum Gasteiger partial charge on any atom is -0.480 e. The van der Waals surface area contributed by atoms with E-state index in [0.29, 0.717) is 17.2 Å². The number of carbonyl (C=O) groups is 2. The molecule has 1 heterocycles. The van der Waals surface area contributed by atoms with E-state index in [1.807, 2.05) is 0 Å². The zero-order valence-electron chi connectivity index (χ0n) is 13.4. The van der Waals surface area contributed by atoms with Crippen molar-refractivity contribution in [3.8, 4) is 0 Å². The van der Waals surface area contributed by atoms with Gasteiger partial charge in [0.15, 0.2) is 6.04 Å². The molecule has 0 aromatic heterocycles. The molecule has 0 aliphatic carbocycles. The van der Waals surface area contributed by atoms with Gasteiger partial charge in [0.25, 0.3) is 5.91 Å². The van der Waals surface area contributed by atoms with E-state index in [2.05, 4.69) is 10.2 Å². The highest BCUT2D eigenvalue weighted by molar-refractivity contribution is 6.36. The lowest BCUT2D eigenvalue weighted by atomic mass is 9.95. The van der Waals surface area contributed by atoms with Crippen molar-refractivity contribution in [3.05, 3.63) is 27.7 Å². The number of nitrogens with zero attached hydrogens (tertiary/aromatic N) is 3. The number of halogens is 2. The Kier molecular flexibility index (Phi) is 5.47. The monoisotopic (exact) mass is 373 g/mol.